The maximum Gasteiger partial charge on any atom is 0.416 e. The van der Waals surface area contributed by atoms with Crippen LogP contribution in [0.4, 0.5) is 24.8 Å². The molecule has 1 amide bonds. The van der Waals surface area contributed by atoms with Crippen LogP contribution in [-0.4, -0.2) is 21.1 Å². The number of alkyl halides is 3. The number of nitrogens with zero attached hydrogens (tertiary/aromatic N) is 2. The molecule has 1 aliphatic rings. The standard InChI is InChI=1S/C24H23F3N4OS/c1-23(2,20-12-13-28-22(30-20)31-33-19-10-11-19)21(32)29-18-8-6-15(7-9-18)16-4-3-5-17(14-16)24(25,26)27/h3-9,12-14,19H,10-11H2,1-2H3,(H,29,32)(H,28,30,31). The molecule has 0 aliphatic heterocycles. The van der Waals surface area contributed by atoms with Gasteiger partial charge in [-0.05, 0) is 80.1 Å². The van der Waals surface area contributed by atoms with Gasteiger partial charge in [-0.25, -0.2) is 9.97 Å². The van der Waals surface area contributed by atoms with Crippen molar-refractivity contribution in [3.05, 3.63) is 72.1 Å². The van der Waals surface area contributed by atoms with E-state index in [9.17, 15) is 18.0 Å². The van der Waals surface area contributed by atoms with Crippen LogP contribution in [-0.2, 0) is 16.4 Å². The van der Waals surface area contributed by atoms with Gasteiger partial charge < -0.3 is 5.32 Å². The molecule has 33 heavy (non-hydrogen) atoms. The zero-order valence-corrected chi connectivity index (χ0v) is 18.9. The summed E-state index contributed by atoms with van der Waals surface area (Å²) < 4.78 is 42.1. The van der Waals surface area contributed by atoms with Gasteiger partial charge in [0.1, 0.15) is 0 Å². The summed E-state index contributed by atoms with van der Waals surface area (Å²) in [6.45, 7) is 3.55. The van der Waals surface area contributed by atoms with E-state index in [1.807, 2.05) is 0 Å². The predicted molar refractivity (Wildman–Crippen MR) is 125 cm³/mol. The van der Waals surface area contributed by atoms with E-state index < -0.39 is 17.2 Å². The van der Waals surface area contributed by atoms with E-state index in [2.05, 4.69) is 20.0 Å². The fourth-order valence-corrected chi connectivity index (χ4v) is 3.84. The van der Waals surface area contributed by atoms with Crippen molar-refractivity contribution in [3.63, 3.8) is 0 Å². The lowest BCUT2D eigenvalue weighted by molar-refractivity contribution is -0.137. The summed E-state index contributed by atoms with van der Waals surface area (Å²) in [4.78, 5) is 21.7. The van der Waals surface area contributed by atoms with Crippen LogP contribution in [0, 0.1) is 0 Å². The summed E-state index contributed by atoms with van der Waals surface area (Å²) in [5.74, 6) is 0.213. The van der Waals surface area contributed by atoms with Crippen LogP contribution < -0.4 is 10.0 Å². The largest absolute Gasteiger partial charge is 0.416 e. The number of halogens is 3. The minimum absolute atomic E-state index is 0.256. The topological polar surface area (TPSA) is 66.9 Å². The van der Waals surface area contributed by atoms with Gasteiger partial charge >= 0.3 is 6.18 Å². The Morgan fingerprint density at radius 2 is 1.76 bits per heavy atom. The van der Waals surface area contributed by atoms with Gasteiger partial charge in [-0.2, -0.15) is 13.2 Å². The Morgan fingerprint density at radius 3 is 2.42 bits per heavy atom. The van der Waals surface area contributed by atoms with Crippen LogP contribution >= 0.6 is 11.9 Å². The number of carbonyl (C=O) groups is 1. The number of anilines is 2. The molecule has 1 aliphatic carbocycles. The van der Waals surface area contributed by atoms with Crippen LogP contribution in [0.2, 0.25) is 0 Å². The number of aromatic nitrogens is 2. The molecule has 0 unspecified atom stereocenters. The number of carbonyl (C=O) groups excluding carboxylic acids is 1. The summed E-state index contributed by atoms with van der Waals surface area (Å²) >= 11 is 1.59. The third-order valence-electron chi connectivity index (χ3n) is 5.37. The van der Waals surface area contributed by atoms with Crippen molar-refractivity contribution in [1.82, 2.24) is 9.97 Å². The molecular weight excluding hydrogens is 449 g/mol. The first kappa shape index (κ1) is 23.1. The first-order chi connectivity index (χ1) is 15.6. The van der Waals surface area contributed by atoms with E-state index >= 15 is 0 Å². The molecule has 9 heteroatoms. The number of rotatable bonds is 7. The van der Waals surface area contributed by atoms with Gasteiger partial charge in [-0.15, -0.1) is 0 Å². The maximum atomic E-state index is 13.0. The van der Waals surface area contributed by atoms with Crippen molar-refractivity contribution in [2.45, 2.75) is 43.5 Å². The zero-order chi connectivity index (χ0) is 23.6. The highest BCUT2D eigenvalue weighted by Crippen LogP contribution is 2.34. The number of nitrogens with one attached hydrogen (secondary N) is 2. The lowest BCUT2D eigenvalue weighted by atomic mass is 9.88. The minimum Gasteiger partial charge on any atom is -0.325 e. The Bertz CT molecular complexity index is 1140. The second-order valence-corrected chi connectivity index (χ2v) is 9.53. The lowest BCUT2D eigenvalue weighted by Gasteiger charge is -2.23. The summed E-state index contributed by atoms with van der Waals surface area (Å²) in [6, 6.07) is 13.6. The van der Waals surface area contributed by atoms with E-state index in [4.69, 9.17) is 0 Å². The van der Waals surface area contributed by atoms with E-state index in [1.165, 1.54) is 18.9 Å². The highest BCUT2D eigenvalue weighted by molar-refractivity contribution is 8.01. The smallest absolute Gasteiger partial charge is 0.325 e. The molecule has 1 fully saturated rings. The van der Waals surface area contributed by atoms with Crippen molar-refractivity contribution < 1.29 is 18.0 Å². The molecule has 0 spiro atoms. The van der Waals surface area contributed by atoms with E-state index in [1.54, 1.807) is 68.4 Å². The van der Waals surface area contributed by atoms with Crippen LogP contribution in [0.3, 0.4) is 0 Å². The van der Waals surface area contributed by atoms with E-state index in [-0.39, 0.29) is 5.91 Å². The highest BCUT2D eigenvalue weighted by Gasteiger charge is 2.32. The van der Waals surface area contributed by atoms with E-state index in [0.717, 1.165) is 12.1 Å². The quantitative estimate of drug-likeness (QED) is 0.395. The summed E-state index contributed by atoms with van der Waals surface area (Å²) in [5, 5.41) is 3.46. The fraction of sp³-hybridized carbons (Fsp3) is 0.292. The Balaban J connectivity index is 1.45. The van der Waals surface area contributed by atoms with Crippen LogP contribution in [0.15, 0.2) is 60.8 Å². The van der Waals surface area contributed by atoms with Crippen molar-refractivity contribution in [1.29, 1.82) is 0 Å². The van der Waals surface area contributed by atoms with Gasteiger partial charge in [0.25, 0.3) is 0 Å². The second kappa shape index (κ2) is 9.05. The second-order valence-electron chi connectivity index (χ2n) is 8.42. The Hall–Kier alpha value is -3.07. The van der Waals surface area contributed by atoms with Gasteiger partial charge in [0, 0.05) is 17.1 Å². The molecule has 1 saturated carbocycles. The zero-order valence-electron chi connectivity index (χ0n) is 18.1. The van der Waals surface area contributed by atoms with Gasteiger partial charge in [-0.1, -0.05) is 24.3 Å². The third-order valence-corrected chi connectivity index (χ3v) is 6.48. The Labute approximate surface area is 194 Å². The molecular formula is C24H23F3N4OS. The Morgan fingerprint density at radius 1 is 1.03 bits per heavy atom. The normalized spacial score (nSPS) is 14.1. The average Bonchev–Trinajstić information content (AvgIpc) is 3.62. The molecule has 1 aromatic heterocycles. The molecule has 1 heterocycles. The highest BCUT2D eigenvalue weighted by atomic mass is 32.2. The fourth-order valence-electron chi connectivity index (χ4n) is 3.10. The van der Waals surface area contributed by atoms with Gasteiger partial charge in [0.15, 0.2) is 0 Å². The van der Waals surface area contributed by atoms with Gasteiger partial charge in [-0.3, -0.25) is 9.52 Å². The molecule has 172 valence electrons. The predicted octanol–water partition coefficient (Wildman–Crippen LogP) is 6.30. The van der Waals surface area contributed by atoms with Crippen molar-refractivity contribution in [3.8, 4) is 11.1 Å². The van der Waals surface area contributed by atoms with Crippen LogP contribution in [0.5, 0.6) is 0 Å². The molecule has 5 nitrogen and oxygen atoms in total. The minimum atomic E-state index is -4.40. The number of hydrogen-bond acceptors (Lipinski definition) is 5. The molecule has 4 rings (SSSR count). The van der Waals surface area contributed by atoms with Crippen LogP contribution in [0.1, 0.15) is 37.9 Å². The summed E-state index contributed by atoms with van der Waals surface area (Å²) in [5.41, 5.74) is 0.568. The van der Waals surface area contributed by atoms with Crippen molar-refractivity contribution in [2.75, 3.05) is 10.0 Å². The molecule has 3 aromatic rings. The average molecular weight is 473 g/mol. The molecule has 0 bridgehead atoms. The molecule has 2 aromatic carbocycles. The third kappa shape index (κ3) is 5.65. The lowest BCUT2D eigenvalue weighted by Crippen LogP contribution is -2.35. The summed E-state index contributed by atoms with van der Waals surface area (Å²) in [6.07, 6.45) is -0.422. The van der Waals surface area contributed by atoms with Crippen LogP contribution in [0.25, 0.3) is 11.1 Å². The number of hydrogen-bond donors (Lipinski definition) is 2. The number of amides is 1. The SMILES string of the molecule is CC(C)(C(=O)Nc1ccc(-c2cccc(C(F)(F)F)c2)cc1)c1ccnc(NSC2CC2)n1. The summed E-state index contributed by atoms with van der Waals surface area (Å²) in [7, 11) is 0. The van der Waals surface area contributed by atoms with Crippen molar-refractivity contribution in [2.24, 2.45) is 0 Å². The van der Waals surface area contributed by atoms with Crippen molar-refractivity contribution >= 4 is 29.5 Å². The van der Waals surface area contributed by atoms with Gasteiger partial charge in [0.2, 0.25) is 11.9 Å². The molecule has 0 radical (unpaired) electrons. The first-order valence-electron chi connectivity index (χ1n) is 10.5. The first-order valence-corrected chi connectivity index (χ1v) is 11.4. The number of benzene rings is 2. The molecule has 0 saturated heterocycles. The monoisotopic (exact) mass is 472 g/mol. The Kier molecular flexibility index (Phi) is 6.34. The van der Waals surface area contributed by atoms with E-state index in [0.29, 0.717) is 33.7 Å². The van der Waals surface area contributed by atoms with Gasteiger partial charge in [0.05, 0.1) is 16.7 Å². The molecule has 2 N–H and O–H groups in total. The molecule has 0 atom stereocenters. The maximum absolute atomic E-state index is 13.0.